The molecule has 0 fully saturated rings. The van der Waals surface area contributed by atoms with E-state index < -0.39 is 76.0 Å². The summed E-state index contributed by atoms with van der Waals surface area (Å²) in [6, 6.07) is 30.3. The van der Waals surface area contributed by atoms with Gasteiger partial charge in [-0.2, -0.15) is 0 Å². The van der Waals surface area contributed by atoms with Crippen LogP contribution in [-0.2, 0) is 0 Å². The molecule has 58 heavy (non-hydrogen) atoms. The number of hydrogen-bond acceptors (Lipinski definition) is 2. The maximum atomic E-state index is 15.4. The van der Waals surface area contributed by atoms with Gasteiger partial charge in [0.05, 0.1) is 11.1 Å². The van der Waals surface area contributed by atoms with Gasteiger partial charge < -0.3 is 9.80 Å². The summed E-state index contributed by atoms with van der Waals surface area (Å²) < 4.78 is 146. The minimum Gasteiger partial charge on any atom is -0.311 e. The molecule has 0 spiro atoms. The number of anilines is 6. The van der Waals surface area contributed by atoms with Crippen LogP contribution in [0.3, 0.4) is 0 Å². The van der Waals surface area contributed by atoms with Crippen LogP contribution in [0.4, 0.5) is 78.0 Å². The molecule has 0 N–H and O–H groups in total. The normalized spacial score (nSPS) is 12.9. The number of halogens is 10. The number of para-hydroxylation sites is 2. The van der Waals surface area contributed by atoms with Crippen molar-refractivity contribution in [1.29, 1.82) is 0 Å². The molecule has 13 heteroatoms. The van der Waals surface area contributed by atoms with Crippen LogP contribution in [0.5, 0.6) is 0 Å². The minimum absolute atomic E-state index is 0.0220. The summed E-state index contributed by atoms with van der Waals surface area (Å²) in [6.07, 6.45) is 0. The summed E-state index contributed by atoms with van der Waals surface area (Å²) in [6.45, 7) is 3.35. The predicted molar refractivity (Wildman–Crippen MR) is 205 cm³/mol. The Morgan fingerprint density at radius 3 is 1.36 bits per heavy atom. The van der Waals surface area contributed by atoms with Gasteiger partial charge in [-0.3, -0.25) is 0 Å². The Morgan fingerprint density at radius 1 is 0.397 bits per heavy atom. The summed E-state index contributed by atoms with van der Waals surface area (Å²) in [5.74, 6) is -20.7. The Labute approximate surface area is 325 Å². The second-order valence-electron chi connectivity index (χ2n) is 14.3. The number of hydrogen-bond donors (Lipinski definition) is 0. The summed E-state index contributed by atoms with van der Waals surface area (Å²) in [5.41, 5.74) is 3.81. The molecule has 0 radical (unpaired) electrons. The smallest absolute Gasteiger partial charge is 0.252 e. The average Bonchev–Trinajstić information content (AvgIpc) is 3.24. The first-order valence-corrected chi connectivity index (χ1v) is 18.0. The quantitative estimate of drug-likeness (QED) is 0.0741. The van der Waals surface area contributed by atoms with Crippen molar-refractivity contribution in [2.75, 3.05) is 9.80 Å². The van der Waals surface area contributed by atoms with Gasteiger partial charge in [-0.25, -0.2) is 43.9 Å². The summed E-state index contributed by atoms with van der Waals surface area (Å²) in [5, 5.41) is 0. The number of fused-ring (bicyclic) bond motifs is 4. The standard InChI is InChI=1S/C45H25BF10N2/c1-21(2)24-19-31-35-32(20-24)58(26-15-12-22(13-16-26)33-36(47)40(51)44(55)41(52)37(33)48)29-11-7-6-10-27(29)46(35)28-18-23(34-38(49)42(53)45(56)43(54)39(34)50)14-17-30(28)57(31)25-8-4-3-5-9-25/h3-21H,1-2H3. The molecule has 2 aliphatic heterocycles. The molecule has 9 rings (SSSR count). The fraction of sp³-hybridized carbons (Fsp3) is 0.0667. The first-order valence-electron chi connectivity index (χ1n) is 18.0. The van der Waals surface area contributed by atoms with E-state index >= 15 is 8.78 Å². The van der Waals surface area contributed by atoms with Crippen LogP contribution >= 0.6 is 0 Å². The average molecular weight is 795 g/mol. The van der Waals surface area contributed by atoms with E-state index in [9.17, 15) is 35.1 Å². The monoisotopic (exact) mass is 794 g/mol. The Morgan fingerprint density at radius 2 is 0.828 bits per heavy atom. The Balaban J connectivity index is 1.31. The van der Waals surface area contributed by atoms with Gasteiger partial charge in [0.2, 0.25) is 11.6 Å². The van der Waals surface area contributed by atoms with Crippen molar-refractivity contribution in [3.8, 4) is 22.3 Å². The molecular formula is C45H25BF10N2. The fourth-order valence-corrected chi connectivity index (χ4v) is 8.09. The van der Waals surface area contributed by atoms with Crippen LogP contribution < -0.4 is 26.2 Å². The molecule has 0 saturated heterocycles. The van der Waals surface area contributed by atoms with E-state index in [1.54, 1.807) is 18.2 Å². The molecule has 0 bridgehead atoms. The molecule has 0 aliphatic carbocycles. The van der Waals surface area contributed by atoms with Gasteiger partial charge in [-0.05, 0) is 87.5 Å². The Hall–Kier alpha value is -6.50. The zero-order valence-corrected chi connectivity index (χ0v) is 30.2. The van der Waals surface area contributed by atoms with Crippen LogP contribution in [0.2, 0.25) is 0 Å². The highest BCUT2D eigenvalue weighted by molar-refractivity contribution is 7.00. The lowest BCUT2D eigenvalue weighted by atomic mass is 9.33. The van der Waals surface area contributed by atoms with Gasteiger partial charge in [0, 0.05) is 34.1 Å². The van der Waals surface area contributed by atoms with Crippen LogP contribution in [0.25, 0.3) is 22.3 Å². The minimum atomic E-state index is -2.27. The molecule has 0 amide bonds. The van der Waals surface area contributed by atoms with Crippen LogP contribution in [0.1, 0.15) is 25.3 Å². The highest BCUT2D eigenvalue weighted by atomic mass is 19.2. The fourth-order valence-electron chi connectivity index (χ4n) is 8.09. The SMILES string of the molecule is CC(C)c1cc2c3c(c1)N(c1ccccc1)c1ccc(-c4c(F)c(F)c(F)c(F)c4F)cc1B3c1ccccc1N2c1ccc(-c2c(F)c(F)c(F)c(F)c2F)cc1. The van der Waals surface area contributed by atoms with Crippen molar-refractivity contribution < 1.29 is 43.9 Å². The lowest BCUT2D eigenvalue weighted by molar-refractivity contribution is 0.381. The molecular weight excluding hydrogens is 769 g/mol. The second-order valence-corrected chi connectivity index (χ2v) is 14.3. The molecule has 288 valence electrons. The third-order valence-corrected chi connectivity index (χ3v) is 10.8. The second kappa shape index (κ2) is 13.6. The molecule has 2 nitrogen and oxygen atoms in total. The third-order valence-electron chi connectivity index (χ3n) is 10.8. The molecule has 7 aromatic carbocycles. The van der Waals surface area contributed by atoms with Crippen molar-refractivity contribution in [1.82, 2.24) is 0 Å². The van der Waals surface area contributed by atoms with Crippen molar-refractivity contribution in [2.24, 2.45) is 0 Å². The number of nitrogens with zero attached hydrogens (tertiary/aromatic N) is 2. The Bertz CT molecular complexity index is 2790. The van der Waals surface area contributed by atoms with Crippen LogP contribution in [-0.4, -0.2) is 6.71 Å². The largest absolute Gasteiger partial charge is 0.311 e. The van der Waals surface area contributed by atoms with E-state index in [1.807, 2.05) is 78.2 Å². The first kappa shape index (κ1) is 37.1. The zero-order chi connectivity index (χ0) is 40.9. The van der Waals surface area contributed by atoms with Crippen LogP contribution in [0.15, 0.2) is 109 Å². The van der Waals surface area contributed by atoms with E-state index in [4.69, 9.17) is 0 Å². The number of benzene rings is 7. The zero-order valence-electron chi connectivity index (χ0n) is 30.2. The van der Waals surface area contributed by atoms with Gasteiger partial charge >= 0.3 is 0 Å². The maximum absolute atomic E-state index is 15.4. The van der Waals surface area contributed by atoms with Crippen LogP contribution in [0, 0.1) is 58.2 Å². The van der Waals surface area contributed by atoms with E-state index in [2.05, 4.69) is 0 Å². The summed E-state index contributed by atoms with van der Waals surface area (Å²) in [4.78, 5) is 3.85. The molecule has 7 aromatic rings. The van der Waals surface area contributed by atoms with Gasteiger partial charge in [0.25, 0.3) is 6.71 Å². The van der Waals surface area contributed by atoms with Crippen molar-refractivity contribution in [3.05, 3.63) is 173 Å². The molecule has 2 heterocycles. The van der Waals surface area contributed by atoms with Crippen molar-refractivity contribution in [3.63, 3.8) is 0 Å². The Kier molecular flexibility index (Phi) is 8.68. The van der Waals surface area contributed by atoms with E-state index in [0.717, 1.165) is 11.3 Å². The summed E-state index contributed by atoms with van der Waals surface area (Å²) >= 11 is 0. The number of rotatable bonds is 5. The van der Waals surface area contributed by atoms with E-state index in [1.165, 1.54) is 36.4 Å². The van der Waals surface area contributed by atoms with Gasteiger partial charge in [-0.1, -0.05) is 74.5 Å². The molecule has 0 unspecified atom stereocenters. The third kappa shape index (κ3) is 5.35. The first-order chi connectivity index (χ1) is 27.8. The molecule has 2 aliphatic rings. The maximum Gasteiger partial charge on any atom is 0.252 e. The molecule has 0 aromatic heterocycles. The summed E-state index contributed by atoms with van der Waals surface area (Å²) in [7, 11) is 0. The predicted octanol–water partition coefficient (Wildman–Crippen LogP) is 11.6. The molecule has 0 saturated carbocycles. The van der Waals surface area contributed by atoms with E-state index in [0.29, 0.717) is 44.8 Å². The van der Waals surface area contributed by atoms with Gasteiger partial charge in [0.15, 0.2) is 46.5 Å². The van der Waals surface area contributed by atoms with Gasteiger partial charge in [-0.15, -0.1) is 0 Å². The topological polar surface area (TPSA) is 6.48 Å². The lowest BCUT2D eigenvalue weighted by Crippen LogP contribution is -2.61. The van der Waals surface area contributed by atoms with Gasteiger partial charge in [0.1, 0.15) is 0 Å². The van der Waals surface area contributed by atoms with E-state index in [-0.39, 0.29) is 17.0 Å². The van der Waals surface area contributed by atoms with Crippen molar-refractivity contribution >= 4 is 57.2 Å². The molecule has 0 atom stereocenters. The lowest BCUT2D eigenvalue weighted by Gasteiger charge is -2.44. The highest BCUT2D eigenvalue weighted by Crippen LogP contribution is 2.46. The van der Waals surface area contributed by atoms with Crippen molar-refractivity contribution in [2.45, 2.75) is 19.8 Å². The highest BCUT2D eigenvalue weighted by Gasteiger charge is 2.44.